The SMILES string of the molecule is CC(Cc1cncn1CC(C)(F)F)C(=O)O. The van der Waals surface area contributed by atoms with Gasteiger partial charge < -0.3 is 9.67 Å². The molecule has 0 aliphatic heterocycles. The molecule has 4 nitrogen and oxygen atoms in total. The number of hydrogen-bond acceptors (Lipinski definition) is 2. The summed E-state index contributed by atoms with van der Waals surface area (Å²) in [7, 11) is 0. The van der Waals surface area contributed by atoms with Crippen molar-refractivity contribution < 1.29 is 18.7 Å². The molecule has 0 aromatic carbocycles. The molecule has 90 valence electrons. The van der Waals surface area contributed by atoms with Crippen LogP contribution in [0, 0.1) is 5.92 Å². The standard InChI is InChI=1S/C10H14F2N2O2/c1-7(9(15)16)3-8-4-13-6-14(8)5-10(2,11)12/h4,6-7H,3,5H2,1-2H3,(H,15,16). The molecule has 1 aromatic heterocycles. The Bertz CT molecular complexity index is 371. The lowest BCUT2D eigenvalue weighted by Crippen LogP contribution is -2.22. The Morgan fingerprint density at radius 1 is 1.69 bits per heavy atom. The molecule has 6 heteroatoms. The smallest absolute Gasteiger partial charge is 0.306 e. The second-order valence-electron chi connectivity index (χ2n) is 4.03. The molecule has 1 heterocycles. The predicted octanol–water partition coefficient (Wildman–Crippen LogP) is 1.80. The lowest BCUT2D eigenvalue weighted by atomic mass is 10.1. The Labute approximate surface area is 91.9 Å². The minimum absolute atomic E-state index is 0.200. The van der Waals surface area contributed by atoms with Crippen molar-refractivity contribution in [2.24, 2.45) is 5.92 Å². The highest BCUT2D eigenvalue weighted by Crippen LogP contribution is 2.17. The van der Waals surface area contributed by atoms with Gasteiger partial charge in [-0.15, -0.1) is 0 Å². The lowest BCUT2D eigenvalue weighted by molar-refractivity contribution is -0.141. The molecule has 0 bridgehead atoms. The molecule has 0 aliphatic rings. The summed E-state index contributed by atoms with van der Waals surface area (Å²) >= 11 is 0. The maximum absolute atomic E-state index is 12.8. The minimum atomic E-state index is -2.83. The number of carboxylic acid groups (broad SMARTS) is 1. The number of carboxylic acids is 1. The lowest BCUT2D eigenvalue weighted by Gasteiger charge is -2.14. The number of aliphatic carboxylic acids is 1. The van der Waals surface area contributed by atoms with Gasteiger partial charge in [-0.25, -0.2) is 13.8 Å². The van der Waals surface area contributed by atoms with E-state index < -0.39 is 24.4 Å². The number of aromatic nitrogens is 2. The van der Waals surface area contributed by atoms with Crippen LogP contribution in [0.25, 0.3) is 0 Å². The molecule has 0 spiro atoms. The quantitative estimate of drug-likeness (QED) is 0.842. The first kappa shape index (κ1) is 12.6. The summed E-state index contributed by atoms with van der Waals surface area (Å²) in [5.74, 6) is -4.39. The van der Waals surface area contributed by atoms with E-state index >= 15 is 0 Å². The Hall–Kier alpha value is -1.46. The topological polar surface area (TPSA) is 55.1 Å². The van der Waals surface area contributed by atoms with Crippen molar-refractivity contribution in [2.75, 3.05) is 0 Å². The van der Waals surface area contributed by atoms with Crippen molar-refractivity contribution in [3.05, 3.63) is 18.2 Å². The van der Waals surface area contributed by atoms with Crippen molar-refractivity contribution in [2.45, 2.75) is 32.7 Å². The first-order chi connectivity index (χ1) is 7.29. The van der Waals surface area contributed by atoms with Crippen LogP contribution in [0.2, 0.25) is 0 Å². The summed E-state index contributed by atoms with van der Waals surface area (Å²) in [5.41, 5.74) is 0.511. The van der Waals surface area contributed by atoms with Crippen LogP contribution in [0.3, 0.4) is 0 Å². The average Bonchev–Trinajstić information content (AvgIpc) is 2.49. The number of nitrogens with zero attached hydrogens (tertiary/aromatic N) is 2. The van der Waals surface area contributed by atoms with Crippen molar-refractivity contribution in [1.29, 1.82) is 0 Å². The van der Waals surface area contributed by atoms with E-state index in [4.69, 9.17) is 5.11 Å². The largest absolute Gasteiger partial charge is 0.481 e. The molecular weight excluding hydrogens is 218 g/mol. The van der Waals surface area contributed by atoms with Gasteiger partial charge in [0.05, 0.1) is 18.8 Å². The fourth-order valence-corrected chi connectivity index (χ4v) is 1.36. The number of carbonyl (C=O) groups is 1. The van der Waals surface area contributed by atoms with Crippen LogP contribution >= 0.6 is 0 Å². The third-order valence-electron chi connectivity index (χ3n) is 2.18. The molecule has 1 aromatic rings. The van der Waals surface area contributed by atoms with Crippen molar-refractivity contribution in [3.63, 3.8) is 0 Å². The molecule has 0 saturated heterocycles. The van der Waals surface area contributed by atoms with Gasteiger partial charge in [-0.1, -0.05) is 6.92 Å². The molecule has 0 aliphatic carbocycles. The molecule has 0 fully saturated rings. The van der Waals surface area contributed by atoms with E-state index in [1.165, 1.54) is 24.0 Å². The zero-order valence-corrected chi connectivity index (χ0v) is 9.15. The summed E-state index contributed by atoms with van der Waals surface area (Å²) in [6, 6.07) is 0. The second kappa shape index (κ2) is 4.59. The van der Waals surface area contributed by atoms with E-state index in [1.54, 1.807) is 0 Å². The van der Waals surface area contributed by atoms with E-state index in [9.17, 15) is 13.6 Å². The van der Waals surface area contributed by atoms with Crippen LogP contribution in [-0.2, 0) is 17.8 Å². The summed E-state index contributed by atoms with van der Waals surface area (Å²) in [6.07, 6.45) is 2.91. The van der Waals surface area contributed by atoms with Gasteiger partial charge in [-0.3, -0.25) is 4.79 Å². The molecule has 1 unspecified atom stereocenters. The van der Waals surface area contributed by atoms with Crippen molar-refractivity contribution in [3.8, 4) is 0 Å². The van der Waals surface area contributed by atoms with Crippen LogP contribution in [0.5, 0.6) is 0 Å². The molecule has 0 saturated carbocycles. The van der Waals surface area contributed by atoms with Crippen molar-refractivity contribution in [1.82, 2.24) is 9.55 Å². The van der Waals surface area contributed by atoms with E-state index in [-0.39, 0.29) is 6.42 Å². The number of hydrogen-bond donors (Lipinski definition) is 1. The average molecular weight is 232 g/mol. The molecule has 0 amide bonds. The fraction of sp³-hybridized carbons (Fsp3) is 0.600. The van der Waals surface area contributed by atoms with Gasteiger partial charge in [0.25, 0.3) is 5.92 Å². The molecule has 1 rings (SSSR count). The number of rotatable bonds is 5. The van der Waals surface area contributed by atoms with Gasteiger partial charge >= 0.3 is 5.97 Å². The Morgan fingerprint density at radius 2 is 2.31 bits per heavy atom. The molecule has 1 N–H and O–H groups in total. The first-order valence-electron chi connectivity index (χ1n) is 4.89. The number of halogens is 2. The third-order valence-corrected chi connectivity index (χ3v) is 2.18. The normalized spacial score (nSPS) is 13.8. The predicted molar refractivity (Wildman–Crippen MR) is 53.4 cm³/mol. The van der Waals surface area contributed by atoms with E-state index in [0.29, 0.717) is 5.69 Å². The maximum atomic E-state index is 12.8. The summed E-state index contributed by atoms with van der Waals surface area (Å²) in [6.45, 7) is 1.87. The summed E-state index contributed by atoms with van der Waals surface area (Å²) in [5, 5.41) is 8.73. The van der Waals surface area contributed by atoms with Crippen LogP contribution < -0.4 is 0 Å². The van der Waals surface area contributed by atoms with Crippen molar-refractivity contribution >= 4 is 5.97 Å². The highest BCUT2D eigenvalue weighted by atomic mass is 19.3. The van der Waals surface area contributed by atoms with Crippen LogP contribution in [0.1, 0.15) is 19.5 Å². The second-order valence-corrected chi connectivity index (χ2v) is 4.03. The van der Waals surface area contributed by atoms with Gasteiger partial charge in [0.15, 0.2) is 0 Å². The third kappa shape index (κ3) is 3.60. The monoisotopic (exact) mass is 232 g/mol. The Morgan fingerprint density at radius 3 is 2.81 bits per heavy atom. The Kier molecular flexibility index (Phi) is 3.62. The maximum Gasteiger partial charge on any atom is 0.306 e. The first-order valence-corrected chi connectivity index (χ1v) is 4.89. The van der Waals surface area contributed by atoms with Gasteiger partial charge in [0.1, 0.15) is 0 Å². The van der Waals surface area contributed by atoms with Gasteiger partial charge in [0.2, 0.25) is 0 Å². The molecule has 1 atom stereocenters. The number of alkyl halides is 2. The van der Waals surface area contributed by atoms with Crippen LogP contribution in [0.15, 0.2) is 12.5 Å². The summed E-state index contributed by atoms with van der Waals surface area (Å²) < 4.78 is 26.9. The fourth-order valence-electron chi connectivity index (χ4n) is 1.36. The number of imidazole rings is 1. The summed E-state index contributed by atoms with van der Waals surface area (Å²) in [4.78, 5) is 14.4. The molecular formula is C10H14F2N2O2. The molecule has 16 heavy (non-hydrogen) atoms. The molecule has 0 radical (unpaired) electrons. The zero-order chi connectivity index (χ0) is 12.3. The van der Waals surface area contributed by atoms with Crippen LogP contribution in [-0.4, -0.2) is 26.5 Å². The van der Waals surface area contributed by atoms with Gasteiger partial charge in [0, 0.05) is 25.2 Å². The Balaban J connectivity index is 2.75. The van der Waals surface area contributed by atoms with E-state index in [1.807, 2.05) is 0 Å². The van der Waals surface area contributed by atoms with Crippen LogP contribution in [0.4, 0.5) is 8.78 Å². The van der Waals surface area contributed by atoms with Gasteiger partial charge in [-0.2, -0.15) is 0 Å². The highest BCUT2D eigenvalue weighted by molar-refractivity contribution is 5.69. The van der Waals surface area contributed by atoms with Gasteiger partial charge in [-0.05, 0) is 0 Å². The minimum Gasteiger partial charge on any atom is -0.481 e. The van der Waals surface area contributed by atoms with E-state index in [2.05, 4.69) is 4.98 Å². The highest BCUT2D eigenvalue weighted by Gasteiger charge is 2.23. The zero-order valence-electron chi connectivity index (χ0n) is 9.15. The van der Waals surface area contributed by atoms with E-state index in [0.717, 1.165) is 6.92 Å².